The number of rotatable bonds is 6. The number of benzene rings is 2. The van der Waals surface area contributed by atoms with E-state index in [0.717, 1.165) is 22.2 Å². The van der Waals surface area contributed by atoms with Crippen LogP contribution in [-0.4, -0.2) is 34.8 Å². The predicted molar refractivity (Wildman–Crippen MR) is 106 cm³/mol. The Morgan fingerprint density at radius 2 is 1.72 bits per heavy atom. The van der Waals surface area contributed by atoms with E-state index in [-0.39, 0.29) is 25.2 Å². The van der Waals surface area contributed by atoms with E-state index >= 15 is 0 Å². The summed E-state index contributed by atoms with van der Waals surface area (Å²) in [6.45, 7) is 1.08. The van der Waals surface area contributed by atoms with Crippen molar-refractivity contribution in [1.29, 1.82) is 0 Å². The van der Waals surface area contributed by atoms with E-state index in [4.69, 9.17) is 18.9 Å². The van der Waals surface area contributed by atoms with Crippen molar-refractivity contribution in [1.82, 2.24) is 9.55 Å². The summed E-state index contributed by atoms with van der Waals surface area (Å²) in [6.07, 6.45) is 3.62. The van der Waals surface area contributed by atoms with Gasteiger partial charge >= 0.3 is 0 Å². The Kier molecular flexibility index (Phi) is 4.65. The molecule has 0 bridgehead atoms. The molecule has 1 amide bonds. The Balaban J connectivity index is 1.19. The lowest BCUT2D eigenvalue weighted by atomic mass is 10.2. The molecule has 1 aromatic heterocycles. The third kappa shape index (κ3) is 3.81. The van der Waals surface area contributed by atoms with Gasteiger partial charge in [-0.1, -0.05) is 17.8 Å². The molecule has 0 saturated heterocycles. The summed E-state index contributed by atoms with van der Waals surface area (Å²) < 4.78 is 23.4. The van der Waals surface area contributed by atoms with Crippen molar-refractivity contribution in [2.75, 3.05) is 24.7 Å². The minimum atomic E-state index is -0.119. The molecule has 0 spiro atoms. The quantitative estimate of drug-likeness (QED) is 0.624. The van der Waals surface area contributed by atoms with Crippen LogP contribution in [0.1, 0.15) is 5.56 Å². The molecule has 0 unspecified atom stereocenters. The Bertz CT molecular complexity index is 1070. The highest BCUT2D eigenvalue weighted by Crippen LogP contribution is 2.34. The summed E-state index contributed by atoms with van der Waals surface area (Å²) >= 11 is 1.38. The first-order chi connectivity index (χ1) is 14.2. The number of nitrogens with one attached hydrogen (secondary N) is 1. The first kappa shape index (κ1) is 17.7. The number of nitrogens with zero attached hydrogens (tertiary/aromatic N) is 2. The van der Waals surface area contributed by atoms with Gasteiger partial charge < -0.3 is 28.8 Å². The number of anilines is 1. The van der Waals surface area contributed by atoms with Crippen LogP contribution in [0.25, 0.3) is 0 Å². The first-order valence-corrected chi connectivity index (χ1v) is 9.95. The molecule has 0 radical (unpaired) electrons. The smallest absolute Gasteiger partial charge is 0.234 e. The number of imidazole rings is 1. The Labute approximate surface area is 170 Å². The largest absolute Gasteiger partial charge is 0.454 e. The van der Waals surface area contributed by atoms with Gasteiger partial charge in [-0.3, -0.25) is 4.79 Å². The molecule has 0 aliphatic carbocycles. The summed E-state index contributed by atoms with van der Waals surface area (Å²) in [5, 5.41) is 3.64. The zero-order chi connectivity index (χ0) is 19.6. The topological polar surface area (TPSA) is 83.8 Å². The number of hydrogen-bond acceptors (Lipinski definition) is 7. The highest BCUT2D eigenvalue weighted by Gasteiger charge is 2.16. The van der Waals surface area contributed by atoms with Crippen molar-refractivity contribution in [3.8, 4) is 23.0 Å². The van der Waals surface area contributed by atoms with Crippen molar-refractivity contribution >= 4 is 23.4 Å². The molecule has 29 heavy (non-hydrogen) atoms. The molecule has 8 nitrogen and oxygen atoms in total. The van der Waals surface area contributed by atoms with Crippen LogP contribution in [-0.2, 0) is 11.3 Å². The van der Waals surface area contributed by atoms with Gasteiger partial charge in [0.15, 0.2) is 28.2 Å². The number of fused-ring (bicyclic) bond motifs is 2. The summed E-state index contributed by atoms with van der Waals surface area (Å²) in [7, 11) is 0. The Morgan fingerprint density at radius 1 is 1.00 bits per heavy atom. The van der Waals surface area contributed by atoms with Crippen LogP contribution in [0.2, 0.25) is 0 Å². The van der Waals surface area contributed by atoms with Gasteiger partial charge in [-0.15, -0.1) is 0 Å². The second kappa shape index (κ2) is 7.59. The first-order valence-electron chi connectivity index (χ1n) is 8.96. The number of carbonyl (C=O) groups is 1. The molecule has 1 N–H and O–H groups in total. The molecule has 9 heteroatoms. The van der Waals surface area contributed by atoms with Gasteiger partial charge in [0.2, 0.25) is 19.5 Å². The summed E-state index contributed by atoms with van der Waals surface area (Å²) in [5.74, 6) is 2.95. The van der Waals surface area contributed by atoms with E-state index in [1.54, 1.807) is 24.4 Å². The maximum Gasteiger partial charge on any atom is 0.234 e. The van der Waals surface area contributed by atoms with Gasteiger partial charge in [-0.05, 0) is 29.8 Å². The van der Waals surface area contributed by atoms with Crippen LogP contribution in [0.3, 0.4) is 0 Å². The summed E-state index contributed by atoms with van der Waals surface area (Å²) in [4.78, 5) is 16.7. The fourth-order valence-corrected chi connectivity index (χ4v) is 3.85. The number of thioether (sulfide) groups is 1. The number of hydrogen-bond donors (Lipinski definition) is 1. The van der Waals surface area contributed by atoms with Crippen molar-refractivity contribution in [3.05, 3.63) is 54.4 Å². The monoisotopic (exact) mass is 411 g/mol. The van der Waals surface area contributed by atoms with E-state index in [9.17, 15) is 4.79 Å². The molecule has 0 fully saturated rings. The molecule has 0 saturated carbocycles. The standard InChI is InChI=1S/C20H17N3O5S/c24-19(22-14-2-4-16-18(8-14)28-12-26-16)10-29-20-21-5-6-23(20)9-13-1-3-15-17(7-13)27-11-25-15/h1-8H,9-12H2,(H,22,24). The lowest BCUT2D eigenvalue weighted by Gasteiger charge is -2.09. The predicted octanol–water partition coefficient (Wildman–Crippen LogP) is 3.12. The number of aromatic nitrogens is 2. The molecule has 2 aliphatic heterocycles. The molecule has 148 valence electrons. The van der Waals surface area contributed by atoms with Crippen molar-refractivity contribution in [2.24, 2.45) is 0 Å². The normalized spacial score (nSPS) is 13.5. The van der Waals surface area contributed by atoms with Crippen LogP contribution in [0.4, 0.5) is 5.69 Å². The Morgan fingerprint density at radius 3 is 2.55 bits per heavy atom. The third-order valence-electron chi connectivity index (χ3n) is 4.46. The second-order valence-corrected chi connectivity index (χ2v) is 7.37. The van der Waals surface area contributed by atoms with E-state index in [1.807, 2.05) is 29.0 Å². The molecule has 5 rings (SSSR count). The van der Waals surface area contributed by atoms with Crippen molar-refractivity contribution < 1.29 is 23.7 Å². The average molecular weight is 411 g/mol. The van der Waals surface area contributed by atoms with Crippen molar-refractivity contribution in [2.45, 2.75) is 11.7 Å². The zero-order valence-corrected chi connectivity index (χ0v) is 16.1. The molecule has 3 heterocycles. The molecular formula is C20H17N3O5S. The van der Waals surface area contributed by atoms with Crippen LogP contribution in [0.15, 0.2) is 53.9 Å². The maximum absolute atomic E-state index is 12.3. The highest BCUT2D eigenvalue weighted by molar-refractivity contribution is 7.99. The minimum absolute atomic E-state index is 0.119. The lowest BCUT2D eigenvalue weighted by Crippen LogP contribution is -2.14. The van der Waals surface area contributed by atoms with Crippen LogP contribution in [0.5, 0.6) is 23.0 Å². The van der Waals surface area contributed by atoms with E-state index in [2.05, 4.69) is 10.3 Å². The molecule has 2 aromatic carbocycles. The number of ether oxygens (including phenoxy) is 4. The summed E-state index contributed by atoms with van der Waals surface area (Å²) in [5.41, 5.74) is 1.74. The third-order valence-corrected chi connectivity index (χ3v) is 5.46. The fraction of sp³-hybridized carbons (Fsp3) is 0.200. The second-order valence-electron chi connectivity index (χ2n) is 6.43. The van der Waals surface area contributed by atoms with E-state index in [0.29, 0.717) is 23.7 Å². The van der Waals surface area contributed by atoms with Gasteiger partial charge in [-0.2, -0.15) is 0 Å². The van der Waals surface area contributed by atoms with Crippen LogP contribution < -0.4 is 24.3 Å². The number of carbonyl (C=O) groups excluding carboxylic acids is 1. The zero-order valence-electron chi connectivity index (χ0n) is 15.3. The molecule has 3 aromatic rings. The summed E-state index contributed by atoms with van der Waals surface area (Å²) in [6, 6.07) is 11.2. The van der Waals surface area contributed by atoms with Gasteiger partial charge in [0.25, 0.3) is 0 Å². The SMILES string of the molecule is O=C(CSc1nccn1Cc1ccc2c(c1)OCO2)Nc1ccc2c(c1)OCO2. The molecular weight excluding hydrogens is 394 g/mol. The van der Waals surface area contributed by atoms with E-state index < -0.39 is 0 Å². The van der Waals surface area contributed by atoms with Gasteiger partial charge in [0, 0.05) is 30.7 Å². The van der Waals surface area contributed by atoms with Crippen LogP contribution in [0, 0.1) is 0 Å². The molecule has 2 aliphatic rings. The van der Waals surface area contributed by atoms with E-state index in [1.165, 1.54) is 11.8 Å². The van der Waals surface area contributed by atoms with Gasteiger partial charge in [0.1, 0.15) is 0 Å². The maximum atomic E-state index is 12.3. The van der Waals surface area contributed by atoms with Crippen molar-refractivity contribution in [3.63, 3.8) is 0 Å². The fourth-order valence-electron chi connectivity index (χ4n) is 3.09. The lowest BCUT2D eigenvalue weighted by molar-refractivity contribution is -0.113. The minimum Gasteiger partial charge on any atom is -0.454 e. The number of amides is 1. The van der Waals surface area contributed by atoms with Gasteiger partial charge in [-0.25, -0.2) is 4.98 Å². The highest BCUT2D eigenvalue weighted by atomic mass is 32.2. The average Bonchev–Trinajstić information content (AvgIpc) is 3.46. The molecule has 0 atom stereocenters. The Hall–Kier alpha value is -3.33. The van der Waals surface area contributed by atoms with Gasteiger partial charge in [0.05, 0.1) is 5.75 Å². The van der Waals surface area contributed by atoms with Crippen LogP contribution >= 0.6 is 11.8 Å².